The molecule has 0 fully saturated rings. The molecular weight excluding hydrogens is 154 g/mol. The molecule has 12 heavy (non-hydrogen) atoms. The minimum absolute atomic E-state index is 0.251. The summed E-state index contributed by atoms with van der Waals surface area (Å²) in [7, 11) is 0. The molecule has 0 rings (SSSR count). The van der Waals surface area contributed by atoms with Gasteiger partial charge in [0.25, 0.3) is 0 Å². The van der Waals surface area contributed by atoms with Gasteiger partial charge in [0, 0.05) is 6.54 Å². The number of ether oxygens (including phenoxy) is 1. The van der Waals surface area contributed by atoms with Gasteiger partial charge in [0.1, 0.15) is 0 Å². The Bertz CT molecular complexity index is 98.5. The molecule has 0 saturated heterocycles. The van der Waals surface area contributed by atoms with E-state index in [0.717, 1.165) is 13.0 Å². The van der Waals surface area contributed by atoms with E-state index in [9.17, 15) is 5.11 Å². The van der Waals surface area contributed by atoms with Crippen LogP contribution < -0.4 is 5.32 Å². The van der Waals surface area contributed by atoms with Crippen molar-refractivity contribution in [2.24, 2.45) is 0 Å². The van der Waals surface area contributed by atoms with Crippen molar-refractivity contribution in [2.45, 2.75) is 39.4 Å². The summed E-state index contributed by atoms with van der Waals surface area (Å²) in [4.78, 5) is 0. The van der Waals surface area contributed by atoms with Gasteiger partial charge in [-0.15, -0.1) is 0 Å². The topological polar surface area (TPSA) is 41.5 Å². The Morgan fingerprint density at radius 2 is 2.08 bits per heavy atom. The SMILES string of the molecule is CCNCC(O)COC(C)CC. The molecule has 0 aromatic rings. The summed E-state index contributed by atoms with van der Waals surface area (Å²) in [5.41, 5.74) is 0. The van der Waals surface area contributed by atoms with Crippen molar-refractivity contribution < 1.29 is 9.84 Å². The molecule has 0 aromatic heterocycles. The maximum absolute atomic E-state index is 9.34. The molecule has 3 heteroatoms. The fourth-order valence-corrected chi connectivity index (χ4v) is 0.763. The van der Waals surface area contributed by atoms with Gasteiger partial charge in [-0.1, -0.05) is 13.8 Å². The summed E-state index contributed by atoms with van der Waals surface area (Å²) in [6.45, 7) is 8.04. The van der Waals surface area contributed by atoms with E-state index in [-0.39, 0.29) is 12.2 Å². The Morgan fingerprint density at radius 1 is 1.42 bits per heavy atom. The van der Waals surface area contributed by atoms with Crippen LogP contribution in [0.1, 0.15) is 27.2 Å². The summed E-state index contributed by atoms with van der Waals surface area (Å²) in [6, 6.07) is 0. The van der Waals surface area contributed by atoms with Gasteiger partial charge in [-0.25, -0.2) is 0 Å². The molecule has 0 bridgehead atoms. The molecule has 0 aliphatic heterocycles. The van der Waals surface area contributed by atoms with Crippen molar-refractivity contribution >= 4 is 0 Å². The minimum Gasteiger partial charge on any atom is -0.389 e. The molecule has 3 nitrogen and oxygen atoms in total. The Morgan fingerprint density at radius 3 is 2.58 bits per heavy atom. The van der Waals surface area contributed by atoms with Gasteiger partial charge in [-0.05, 0) is 19.9 Å². The zero-order valence-corrected chi connectivity index (χ0v) is 8.34. The summed E-state index contributed by atoms with van der Waals surface area (Å²) in [5.74, 6) is 0. The van der Waals surface area contributed by atoms with Crippen LogP contribution >= 0.6 is 0 Å². The molecule has 0 aliphatic rings. The minimum atomic E-state index is -0.376. The van der Waals surface area contributed by atoms with E-state index in [1.54, 1.807) is 0 Å². The van der Waals surface area contributed by atoms with Crippen LogP contribution in [0.15, 0.2) is 0 Å². The standard InChI is InChI=1S/C9H21NO2/c1-4-8(3)12-7-9(11)6-10-5-2/h8-11H,4-7H2,1-3H3. The number of likely N-dealkylation sites (N-methyl/N-ethyl adjacent to an activating group) is 1. The van der Waals surface area contributed by atoms with Crippen molar-refractivity contribution in [2.75, 3.05) is 19.7 Å². The van der Waals surface area contributed by atoms with Crippen molar-refractivity contribution in [1.29, 1.82) is 0 Å². The molecule has 0 spiro atoms. The molecule has 74 valence electrons. The lowest BCUT2D eigenvalue weighted by Gasteiger charge is -2.15. The number of aliphatic hydroxyl groups is 1. The van der Waals surface area contributed by atoms with Gasteiger partial charge in [0.15, 0.2) is 0 Å². The summed E-state index contributed by atoms with van der Waals surface area (Å²) < 4.78 is 5.36. The number of hydrogen-bond donors (Lipinski definition) is 2. The van der Waals surface area contributed by atoms with Crippen LogP contribution in [0.3, 0.4) is 0 Å². The van der Waals surface area contributed by atoms with E-state index in [0.29, 0.717) is 13.2 Å². The van der Waals surface area contributed by atoms with E-state index in [2.05, 4.69) is 12.2 Å². The quantitative estimate of drug-likeness (QED) is 0.600. The average molecular weight is 175 g/mol. The fourth-order valence-electron chi connectivity index (χ4n) is 0.763. The van der Waals surface area contributed by atoms with Gasteiger partial charge in [0.2, 0.25) is 0 Å². The molecule has 0 radical (unpaired) electrons. The zero-order chi connectivity index (χ0) is 9.40. The molecular formula is C9H21NO2. The molecule has 0 aromatic carbocycles. The maximum Gasteiger partial charge on any atom is 0.0897 e. The molecule has 0 saturated carbocycles. The number of nitrogens with one attached hydrogen (secondary N) is 1. The predicted octanol–water partition coefficient (Wildman–Crippen LogP) is 0.772. The average Bonchev–Trinajstić information content (AvgIpc) is 2.10. The highest BCUT2D eigenvalue weighted by molar-refractivity contribution is 4.58. The lowest BCUT2D eigenvalue weighted by molar-refractivity contribution is -0.00200. The first-order chi connectivity index (χ1) is 5.70. The molecule has 0 amide bonds. The van der Waals surface area contributed by atoms with Crippen molar-refractivity contribution in [3.05, 3.63) is 0 Å². The number of hydrogen-bond acceptors (Lipinski definition) is 3. The smallest absolute Gasteiger partial charge is 0.0897 e. The summed E-state index contributed by atoms with van der Waals surface area (Å²) in [5, 5.41) is 12.4. The molecule has 2 atom stereocenters. The Hall–Kier alpha value is -0.120. The second-order valence-corrected chi connectivity index (χ2v) is 3.01. The fraction of sp³-hybridized carbons (Fsp3) is 1.00. The first-order valence-electron chi connectivity index (χ1n) is 4.71. The first-order valence-corrected chi connectivity index (χ1v) is 4.71. The second kappa shape index (κ2) is 7.53. The van der Waals surface area contributed by atoms with Crippen LogP contribution in [0.25, 0.3) is 0 Å². The van der Waals surface area contributed by atoms with Gasteiger partial charge in [-0.3, -0.25) is 0 Å². The molecule has 2 unspecified atom stereocenters. The first kappa shape index (κ1) is 11.9. The number of rotatable bonds is 7. The monoisotopic (exact) mass is 175 g/mol. The lowest BCUT2D eigenvalue weighted by atomic mass is 10.3. The van der Waals surface area contributed by atoms with Crippen LogP contribution in [0.5, 0.6) is 0 Å². The third kappa shape index (κ3) is 6.58. The van der Waals surface area contributed by atoms with Crippen molar-refractivity contribution in [3.8, 4) is 0 Å². The second-order valence-electron chi connectivity index (χ2n) is 3.01. The van der Waals surface area contributed by atoms with Gasteiger partial charge in [-0.2, -0.15) is 0 Å². The van der Waals surface area contributed by atoms with Crippen LogP contribution in [0.4, 0.5) is 0 Å². The number of aliphatic hydroxyl groups excluding tert-OH is 1. The van der Waals surface area contributed by atoms with Gasteiger partial charge >= 0.3 is 0 Å². The van der Waals surface area contributed by atoms with E-state index in [1.165, 1.54) is 0 Å². The van der Waals surface area contributed by atoms with Gasteiger partial charge in [0.05, 0.1) is 18.8 Å². The predicted molar refractivity (Wildman–Crippen MR) is 50.3 cm³/mol. The highest BCUT2D eigenvalue weighted by Crippen LogP contribution is 1.96. The van der Waals surface area contributed by atoms with Crippen molar-refractivity contribution in [1.82, 2.24) is 5.32 Å². The molecule has 0 heterocycles. The highest BCUT2D eigenvalue weighted by atomic mass is 16.5. The third-order valence-electron chi connectivity index (χ3n) is 1.78. The summed E-state index contributed by atoms with van der Waals surface area (Å²) >= 11 is 0. The van der Waals surface area contributed by atoms with Crippen LogP contribution in [-0.4, -0.2) is 37.0 Å². The highest BCUT2D eigenvalue weighted by Gasteiger charge is 2.05. The van der Waals surface area contributed by atoms with E-state index in [1.807, 2.05) is 13.8 Å². The largest absolute Gasteiger partial charge is 0.389 e. The van der Waals surface area contributed by atoms with E-state index in [4.69, 9.17) is 4.74 Å². The van der Waals surface area contributed by atoms with Crippen LogP contribution in [-0.2, 0) is 4.74 Å². The summed E-state index contributed by atoms with van der Waals surface area (Å²) in [6.07, 6.45) is 0.869. The zero-order valence-electron chi connectivity index (χ0n) is 8.34. The third-order valence-corrected chi connectivity index (χ3v) is 1.78. The lowest BCUT2D eigenvalue weighted by Crippen LogP contribution is -2.31. The van der Waals surface area contributed by atoms with Crippen molar-refractivity contribution in [3.63, 3.8) is 0 Å². The Labute approximate surface area is 75.1 Å². The molecule has 0 aliphatic carbocycles. The van der Waals surface area contributed by atoms with Gasteiger partial charge < -0.3 is 15.2 Å². The Balaban J connectivity index is 3.24. The van der Waals surface area contributed by atoms with Crippen LogP contribution in [0, 0.1) is 0 Å². The molecule has 2 N–H and O–H groups in total. The maximum atomic E-state index is 9.34. The Kier molecular flexibility index (Phi) is 7.45. The van der Waals surface area contributed by atoms with E-state index < -0.39 is 0 Å². The van der Waals surface area contributed by atoms with E-state index >= 15 is 0 Å². The van der Waals surface area contributed by atoms with Crippen LogP contribution in [0.2, 0.25) is 0 Å². The normalized spacial score (nSPS) is 16.0.